The number of carbonyl (C=O) groups excluding carboxylic acids is 2. The quantitative estimate of drug-likeness (QED) is 0.644. The second kappa shape index (κ2) is 8.71. The van der Waals surface area contributed by atoms with Gasteiger partial charge in [0.1, 0.15) is 5.82 Å². The lowest BCUT2D eigenvalue weighted by molar-refractivity contribution is -0.117. The highest BCUT2D eigenvalue weighted by Gasteiger charge is 2.15. The fraction of sp³-hybridized carbons (Fsp3) is 0.200. The topological polar surface area (TPSA) is 88.9 Å². The van der Waals surface area contributed by atoms with Crippen molar-refractivity contribution in [2.75, 3.05) is 11.1 Å². The number of amides is 3. The van der Waals surface area contributed by atoms with Crippen LogP contribution in [0.15, 0.2) is 53.7 Å². The standard InChI is InChI=1S/C20H21N5O2S/c1-13-9-10-17(14(2)11-13)21-19(27)22-18(26)12-28-20-24-23-15(3)25(20)16-7-5-4-6-8-16/h4-11H,12H2,1-3H3,(H2,21,22,26,27). The van der Waals surface area contributed by atoms with Crippen LogP contribution in [0.2, 0.25) is 0 Å². The first-order chi connectivity index (χ1) is 13.4. The Morgan fingerprint density at radius 3 is 2.50 bits per heavy atom. The number of imide groups is 1. The summed E-state index contributed by atoms with van der Waals surface area (Å²) < 4.78 is 1.87. The lowest BCUT2D eigenvalue weighted by Gasteiger charge is -2.10. The minimum atomic E-state index is -0.557. The third-order valence-corrected chi connectivity index (χ3v) is 4.95. The molecule has 0 spiro atoms. The summed E-state index contributed by atoms with van der Waals surface area (Å²) in [6.07, 6.45) is 0. The van der Waals surface area contributed by atoms with Crippen LogP contribution in [0.25, 0.3) is 5.69 Å². The van der Waals surface area contributed by atoms with E-state index in [-0.39, 0.29) is 5.75 Å². The minimum absolute atomic E-state index is 0.0469. The first kappa shape index (κ1) is 19.6. The van der Waals surface area contributed by atoms with E-state index in [1.807, 2.05) is 73.9 Å². The van der Waals surface area contributed by atoms with E-state index in [4.69, 9.17) is 0 Å². The van der Waals surface area contributed by atoms with Gasteiger partial charge in [-0.2, -0.15) is 0 Å². The molecule has 144 valence electrons. The molecule has 0 bridgehead atoms. The van der Waals surface area contributed by atoms with Gasteiger partial charge >= 0.3 is 6.03 Å². The van der Waals surface area contributed by atoms with Gasteiger partial charge in [-0.1, -0.05) is 47.7 Å². The number of hydrogen-bond donors (Lipinski definition) is 2. The predicted molar refractivity (Wildman–Crippen MR) is 110 cm³/mol. The molecule has 3 amide bonds. The van der Waals surface area contributed by atoms with Crippen LogP contribution >= 0.6 is 11.8 Å². The summed E-state index contributed by atoms with van der Waals surface area (Å²) in [6.45, 7) is 5.73. The summed E-state index contributed by atoms with van der Waals surface area (Å²) >= 11 is 1.22. The summed E-state index contributed by atoms with van der Waals surface area (Å²) in [4.78, 5) is 24.2. The zero-order valence-corrected chi connectivity index (χ0v) is 16.7. The number of nitrogens with one attached hydrogen (secondary N) is 2. The summed E-state index contributed by atoms with van der Waals surface area (Å²) in [7, 11) is 0. The molecule has 0 saturated carbocycles. The van der Waals surface area contributed by atoms with Gasteiger partial charge in [0.2, 0.25) is 5.91 Å². The molecule has 0 aliphatic carbocycles. The molecule has 28 heavy (non-hydrogen) atoms. The molecule has 0 atom stereocenters. The van der Waals surface area contributed by atoms with Crippen molar-refractivity contribution in [1.82, 2.24) is 20.1 Å². The molecule has 1 aromatic heterocycles. The number of rotatable bonds is 5. The van der Waals surface area contributed by atoms with E-state index in [9.17, 15) is 9.59 Å². The van der Waals surface area contributed by atoms with Crippen LogP contribution < -0.4 is 10.6 Å². The molecule has 2 N–H and O–H groups in total. The van der Waals surface area contributed by atoms with Crippen molar-refractivity contribution in [3.63, 3.8) is 0 Å². The van der Waals surface area contributed by atoms with Gasteiger partial charge in [0.15, 0.2) is 5.16 Å². The van der Waals surface area contributed by atoms with Crippen LogP contribution in [-0.4, -0.2) is 32.5 Å². The maximum atomic E-state index is 12.2. The molecule has 0 saturated heterocycles. The molecule has 2 aromatic carbocycles. The Morgan fingerprint density at radius 1 is 1.04 bits per heavy atom. The zero-order valence-electron chi connectivity index (χ0n) is 15.9. The van der Waals surface area contributed by atoms with E-state index < -0.39 is 11.9 Å². The maximum absolute atomic E-state index is 12.2. The summed E-state index contributed by atoms with van der Waals surface area (Å²) in [5.74, 6) is 0.361. The lowest BCUT2D eigenvalue weighted by Crippen LogP contribution is -2.35. The average Bonchev–Trinajstić information content (AvgIpc) is 3.03. The van der Waals surface area contributed by atoms with Crippen molar-refractivity contribution in [3.05, 3.63) is 65.5 Å². The maximum Gasteiger partial charge on any atom is 0.325 e. The number of aromatic nitrogens is 3. The Bertz CT molecular complexity index is 1000. The Kier molecular flexibility index (Phi) is 6.10. The zero-order chi connectivity index (χ0) is 20.1. The number of urea groups is 1. The molecule has 0 fully saturated rings. The third-order valence-electron chi connectivity index (χ3n) is 4.02. The van der Waals surface area contributed by atoms with E-state index in [0.29, 0.717) is 10.8 Å². The Balaban J connectivity index is 1.58. The normalized spacial score (nSPS) is 10.5. The van der Waals surface area contributed by atoms with Crippen LogP contribution in [0.4, 0.5) is 10.5 Å². The Hall–Kier alpha value is -3.13. The van der Waals surface area contributed by atoms with E-state index in [1.54, 1.807) is 0 Å². The van der Waals surface area contributed by atoms with Crippen molar-refractivity contribution < 1.29 is 9.59 Å². The fourth-order valence-corrected chi connectivity index (χ4v) is 3.51. The van der Waals surface area contributed by atoms with Gasteiger partial charge in [-0.3, -0.25) is 14.7 Å². The largest absolute Gasteiger partial charge is 0.325 e. The molecular formula is C20H21N5O2S. The summed E-state index contributed by atoms with van der Waals surface area (Å²) in [5.41, 5.74) is 3.63. The molecule has 0 aliphatic rings. The molecule has 3 rings (SSSR count). The van der Waals surface area contributed by atoms with Crippen molar-refractivity contribution >= 4 is 29.4 Å². The van der Waals surface area contributed by atoms with Gasteiger partial charge in [0, 0.05) is 11.4 Å². The van der Waals surface area contributed by atoms with Crippen molar-refractivity contribution in [2.45, 2.75) is 25.9 Å². The highest BCUT2D eigenvalue weighted by Crippen LogP contribution is 2.21. The molecule has 8 heteroatoms. The monoisotopic (exact) mass is 395 g/mol. The smallest absolute Gasteiger partial charge is 0.307 e. The molecule has 7 nitrogen and oxygen atoms in total. The van der Waals surface area contributed by atoms with Crippen LogP contribution in [-0.2, 0) is 4.79 Å². The van der Waals surface area contributed by atoms with Crippen LogP contribution in [0.3, 0.4) is 0 Å². The average molecular weight is 395 g/mol. The van der Waals surface area contributed by atoms with Crippen LogP contribution in [0.5, 0.6) is 0 Å². The van der Waals surface area contributed by atoms with E-state index in [0.717, 1.165) is 22.6 Å². The number of hydrogen-bond acceptors (Lipinski definition) is 5. The van der Waals surface area contributed by atoms with Gasteiger partial charge in [-0.15, -0.1) is 10.2 Å². The molecule has 1 heterocycles. The van der Waals surface area contributed by atoms with Crippen molar-refractivity contribution in [2.24, 2.45) is 0 Å². The van der Waals surface area contributed by atoms with Gasteiger partial charge in [-0.05, 0) is 44.5 Å². The van der Waals surface area contributed by atoms with E-state index in [1.165, 1.54) is 11.8 Å². The number of benzene rings is 2. The van der Waals surface area contributed by atoms with E-state index >= 15 is 0 Å². The summed E-state index contributed by atoms with van der Waals surface area (Å²) in [6, 6.07) is 14.8. The highest BCUT2D eigenvalue weighted by atomic mass is 32.2. The Morgan fingerprint density at radius 2 is 1.79 bits per heavy atom. The summed E-state index contributed by atoms with van der Waals surface area (Å²) in [5, 5.41) is 13.8. The number of thioether (sulfide) groups is 1. The van der Waals surface area contributed by atoms with Gasteiger partial charge in [0.25, 0.3) is 0 Å². The number of carbonyl (C=O) groups is 2. The second-order valence-corrected chi connectivity index (χ2v) is 7.25. The third kappa shape index (κ3) is 4.77. The van der Waals surface area contributed by atoms with Crippen LogP contribution in [0, 0.1) is 20.8 Å². The van der Waals surface area contributed by atoms with Crippen LogP contribution in [0.1, 0.15) is 17.0 Å². The molecule has 0 radical (unpaired) electrons. The minimum Gasteiger partial charge on any atom is -0.307 e. The Labute approximate surface area is 167 Å². The van der Waals surface area contributed by atoms with Crippen molar-refractivity contribution in [3.8, 4) is 5.69 Å². The number of aryl methyl sites for hydroxylation is 3. The first-order valence-electron chi connectivity index (χ1n) is 8.72. The lowest BCUT2D eigenvalue weighted by atomic mass is 10.1. The number of nitrogens with zero attached hydrogens (tertiary/aromatic N) is 3. The van der Waals surface area contributed by atoms with E-state index in [2.05, 4.69) is 20.8 Å². The fourth-order valence-electron chi connectivity index (χ4n) is 2.71. The molecule has 3 aromatic rings. The van der Waals surface area contributed by atoms with Gasteiger partial charge in [0.05, 0.1) is 5.75 Å². The number of anilines is 1. The van der Waals surface area contributed by atoms with Gasteiger partial charge in [-0.25, -0.2) is 4.79 Å². The van der Waals surface area contributed by atoms with Gasteiger partial charge < -0.3 is 5.32 Å². The first-order valence-corrected chi connectivity index (χ1v) is 9.71. The second-order valence-electron chi connectivity index (χ2n) is 6.31. The molecular weight excluding hydrogens is 374 g/mol. The number of para-hydroxylation sites is 1. The molecule has 0 unspecified atom stereocenters. The SMILES string of the molecule is Cc1ccc(NC(=O)NC(=O)CSc2nnc(C)n2-c2ccccc2)c(C)c1. The highest BCUT2D eigenvalue weighted by molar-refractivity contribution is 7.99. The predicted octanol–water partition coefficient (Wildman–Crippen LogP) is 3.63. The molecule has 0 aliphatic heterocycles. The van der Waals surface area contributed by atoms with Crippen molar-refractivity contribution in [1.29, 1.82) is 0 Å².